The van der Waals surface area contributed by atoms with E-state index in [-0.39, 0.29) is 18.7 Å². The van der Waals surface area contributed by atoms with E-state index < -0.39 is 0 Å². The van der Waals surface area contributed by atoms with Crippen LogP contribution in [0.25, 0.3) is 0 Å². The molecule has 0 radical (unpaired) electrons. The van der Waals surface area contributed by atoms with Gasteiger partial charge in [0.2, 0.25) is 0 Å². The van der Waals surface area contributed by atoms with Crippen LogP contribution in [0.4, 0.5) is 0 Å². The second kappa shape index (κ2) is 7.41. The van der Waals surface area contributed by atoms with Crippen molar-refractivity contribution in [1.82, 2.24) is 4.90 Å². The van der Waals surface area contributed by atoms with Crippen molar-refractivity contribution in [3.8, 4) is 0 Å². The van der Waals surface area contributed by atoms with Crippen molar-refractivity contribution in [3.63, 3.8) is 0 Å². The van der Waals surface area contributed by atoms with E-state index in [1.165, 1.54) is 12.8 Å². The molecule has 3 nitrogen and oxygen atoms in total. The van der Waals surface area contributed by atoms with Gasteiger partial charge in [0.15, 0.2) is 0 Å². The molecule has 2 rings (SSSR count). The Labute approximate surface area is 126 Å². The van der Waals surface area contributed by atoms with E-state index >= 15 is 0 Å². The number of nitrogens with zero attached hydrogens (tertiary/aromatic N) is 1. The highest BCUT2D eigenvalue weighted by molar-refractivity contribution is 6.31. The third-order valence-corrected chi connectivity index (χ3v) is 4.56. The molecule has 0 saturated carbocycles. The zero-order valence-electron chi connectivity index (χ0n) is 12.1. The number of piperidine rings is 1. The lowest BCUT2D eigenvalue weighted by atomic mass is 9.91. The molecule has 1 heterocycles. The Morgan fingerprint density at radius 1 is 1.40 bits per heavy atom. The average Bonchev–Trinajstić information content (AvgIpc) is 2.43. The van der Waals surface area contributed by atoms with Gasteiger partial charge >= 0.3 is 0 Å². The minimum absolute atomic E-state index is 0.00851. The van der Waals surface area contributed by atoms with Crippen LogP contribution >= 0.6 is 11.6 Å². The van der Waals surface area contributed by atoms with Gasteiger partial charge in [-0.3, -0.25) is 4.90 Å². The second-order valence-electron chi connectivity index (χ2n) is 5.73. The van der Waals surface area contributed by atoms with E-state index in [0.29, 0.717) is 6.04 Å². The van der Waals surface area contributed by atoms with Gasteiger partial charge in [-0.25, -0.2) is 0 Å². The molecular weight excluding hydrogens is 272 g/mol. The number of rotatable bonds is 5. The Morgan fingerprint density at radius 3 is 2.80 bits per heavy atom. The number of nitrogens with two attached hydrogens (primary N) is 1. The SMILES string of the molecule is CC(N)C(c1ccccc1Cl)N1CCCCC1CCO. The van der Waals surface area contributed by atoms with Crippen molar-refractivity contribution >= 4 is 11.6 Å². The molecule has 1 aliphatic rings. The summed E-state index contributed by atoms with van der Waals surface area (Å²) in [6.45, 7) is 3.30. The lowest BCUT2D eigenvalue weighted by Gasteiger charge is -2.43. The minimum Gasteiger partial charge on any atom is -0.396 e. The van der Waals surface area contributed by atoms with Gasteiger partial charge in [-0.2, -0.15) is 0 Å². The van der Waals surface area contributed by atoms with Gasteiger partial charge in [0.1, 0.15) is 0 Å². The summed E-state index contributed by atoms with van der Waals surface area (Å²) < 4.78 is 0. The maximum absolute atomic E-state index is 9.30. The summed E-state index contributed by atoms with van der Waals surface area (Å²) in [5, 5.41) is 10.1. The van der Waals surface area contributed by atoms with E-state index in [0.717, 1.165) is 30.0 Å². The molecule has 0 amide bonds. The molecule has 3 unspecified atom stereocenters. The number of likely N-dealkylation sites (tertiary alicyclic amines) is 1. The molecule has 0 aromatic heterocycles. The summed E-state index contributed by atoms with van der Waals surface area (Å²) in [5.74, 6) is 0. The first-order valence-corrected chi connectivity index (χ1v) is 7.89. The van der Waals surface area contributed by atoms with E-state index in [2.05, 4.69) is 11.0 Å². The van der Waals surface area contributed by atoms with Crippen molar-refractivity contribution in [3.05, 3.63) is 34.9 Å². The highest BCUT2D eigenvalue weighted by Crippen LogP contribution is 2.34. The molecule has 1 aliphatic heterocycles. The van der Waals surface area contributed by atoms with Crippen molar-refractivity contribution in [2.45, 2.75) is 50.7 Å². The van der Waals surface area contributed by atoms with Crippen molar-refractivity contribution in [1.29, 1.82) is 0 Å². The highest BCUT2D eigenvalue weighted by atomic mass is 35.5. The fraction of sp³-hybridized carbons (Fsp3) is 0.625. The topological polar surface area (TPSA) is 49.5 Å². The minimum atomic E-state index is 0.00851. The van der Waals surface area contributed by atoms with Crippen LogP contribution in [0.15, 0.2) is 24.3 Å². The van der Waals surface area contributed by atoms with Crippen LogP contribution in [0.2, 0.25) is 5.02 Å². The van der Waals surface area contributed by atoms with Gasteiger partial charge < -0.3 is 10.8 Å². The maximum Gasteiger partial charge on any atom is 0.0514 e. The summed E-state index contributed by atoms with van der Waals surface area (Å²) in [6, 6.07) is 8.50. The molecular formula is C16H25ClN2O. The number of aliphatic hydroxyl groups is 1. The summed E-state index contributed by atoms with van der Waals surface area (Å²) in [7, 11) is 0. The predicted octanol–water partition coefficient (Wildman–Crippen LogP) is 2.97. The molecule has 3 N–H and O–H groups in total. The van der Waals surface area contributed by atoms with E-state index in [9.17, 15) is 5.11 Å². The quantitative estimate of drug-likeness (QED) is 0.878. The van der Waals surface area contributed by atoms with Crippen LogP contribution in [0.1, 0.15) is 44.2 Å². The Balaban J connectivity index is 2.29. The molecule has 20 heavy (non-hydrogen) atoms. The average molecular weight is 297 g/mol. The van der Waals surface area contributed by atoms with Crippen LogP contribution in [0, 0.1) is 0 Å². The summed E-state index contributed by atoms with van der Waals surface area (Å²) in [6.07, 6.45) is 4.37. The summed E-state index contributed by atoms with van der Waals surface area (Å²) >= 11 is 6.38. The first kappa shape index (κ1) is 15.8. The fourth-order valence-corrected chi connectivity index (χ4v) is 3.57. The molecule has 1 fully saturated rings. The molecule has 1 aromatic rings. The molecule has 4 heteroatoms. The fourth-order valence-electron chi connectivity index (χ4n) is 3.33. The Morgan fingerprint density at radius 2 is 2.15 bits per heavy atom. The van der Waals surface area contributed by atoms with Gasteiger partial charge in [0, 0.05) is 23.7 Å². The van der Waals surface area contributed by atoms with Crippen LogP contribution < -0.4 is 5.73 Å². The predicted molar refractivity (Wildman–Crippen MR) is 83.9 cm³/mol. The standard InChI is InChI=1S/C16H25ClN2O/c1-12(18)16(14-7-2-3-8-15(14)17)19-10-5-4-6-13(19)9-11-20/h2-3,7-8,12-13,16,20H,4-6,9-11,18H2,1H3. The van der Waals surface area contributed by atoms with Gasteiger partial charge in [-0.1, -0.05) is 36.2 Å². The van der Waals surface area contributed by atoms with E-state index in [1.807, 2.05) is 25.1 Å². The monoisotopic (exact) mass is 296 g/mol. The molecule has 1 saturated heterocycles. The summed E-state index contributed by atoms with van der Waals surface area (Å²) in [5.41, 5.74) is 7.37. The molecule has 112 valence electrons. The second-order valence-corrected chi connectivity index (χ2v) is 6.13. The largest absolute Gasteiger partial charge is 0.396 e. The smallest absolute Gasteiger partial charge is 0.0514 e. The molecule has 0 bridgehead atoms. The number of hydrogen-bond acceptors (Lipinski definition) is 3. The van der Waals surface area contributed by atoms with E-state index in [1.54, 1.807) is 0 Å². The van der Waals surface area contributed by atoms with E-state index in [4.69, 9.17) is 17.3 Å². The Hall–Kier alpha value is -0.610. The first-order valence-electron chi connectivity index (χ1n) is 7.51. The zero-order chi connectivity index (χ0) is 14.5. The number of benzene rings is 1. The van der Waals surface area contributed by atoms with Crippen LogP contribution in [-0.4, -0.2) is 35.2 Å². The third-order valence-electron chi connectivity index (χ3n) is 4.21. The Bertz CT molecular complexity index is 423. The third kappa shape index (κ3) is 3.53. The normalized spacial score (nSPS) is 23.5. The summed E-state index contributed by atoms with van der Waals surface area (Å²) in [4.78, 5) is 2.45. The lowest BCUT2D eigenvalue weighted by Crippen LogP contribution is -2.48. The lowest BCUT2D eigenvalue weighted by molar-refractivity contribution is 0.0653. The van der Waals surface area contributed by atoms with Gasteiger partial charge in [-0.15, -0.1) is 0 Å². The van der Waals surface area contributed by atoms with Crippen molar-refractivity contribution < 1.29 is 5.11 Å². The van der Waals surface area contributed by atoms with Crippen molar-refractivity contribution in [2.75, 3.05) is 13.2 Å². The number of hydrogen-bond donors (Lipinski definition) is 2. The van der Waals surface area contributed by atoms with Crippen LogP contribution in [-0.2, 0) is 0 Å². The van der Waals surface area contributed by atoms with Gasteiger partial charge in [0.05, 0.1) is 6.04 Å². The Kier molecular flexibility index (Phi) is 5.85. The number of halogens is 1. The van der Waals surface area contributed by atoms with Gasteiger partial charge in [-0.05, 0) is 44.4 Å². The van der Waals surface area contributed by atoms with Crippen molar-refractivity contribution in [2.24, 2.45) is 5.73 Å². The first-order chi connectivity index (χ1) is 9.65. The van der Waals surface area contributed by atoms with Gasteiger partial charge in [0.25, 0.3) is 0 Å². The van der Waals surface area contributed by atoms with Crippen LogP contribution in [0.3, 0.4) is 0 Å². The maximum atomic E-state index is 9.30. The zero-order valence-corrected chi connectivity index (χ0v) is 12.9. The molecule has 0 spiro atoms. The molecule has 3 atom stereocenters. The van der Waals surface area contributed by atoms with Crippen LogP contribution in [0.5, 0.6) is 0 Å². The molecule has 0 aliphatic carbocycles. The highest BCUT2D eigenvalue weighted by Gasteiger charge is 2.32. The molecule has 1 aromatic carbocycles. The number of aliphatic hydroxyl groups excluding tert-OH is 1.